The van der Waals surface area contributed by atoms with Gasteiger partial charge in [0.05, 0.1) is 16.7 Å². The summed E-state index contributed by atoms with van der Waals surface area (Å²) in [6, 6.07) is 11.1. The highest BCUT2D eigenvalue weighted by Gasteiger charge is 2.47. The Morgan fingerprint density at radius 1 is 1.19 bits per heavy atom. The Hall–Kier alpha value is -2.45. The molecule has 0 N–H and O–H groups in total. The van der Waals surface area contributed by atoms with Crippen molar-refractivity contribution in [2.75, 3.05) is 24.4 Å². The van der Waals surface area contributed by atoms with Gasteiger partial charge >= 0.3 is 0 Å². The number of fused-ring (bicyclic) bond motifs is 3. The quantitative estimate of drug-likeness (QED) is 0.597. The van der Waals surface area contributed by atoms with Gasteiger partial charge in [-0.05, 0) is 44.6 Å². The first-order chi connectivity index (χ1) is 12.8. The average molecular weight is 387 g/mol. The number of likely N-dealkylation sites (N-methyl/N-ethyl adjacent to an activating group) is 1. The number of sulfonamides is 1. The maximum atomic E-state index is 13.6. The maximum Gasteiger partial charge on any atom is 0.289 e. The van der Waals surface area contributed by atoms with Crippen LogP contribution >= 0.6 is 0 Å². The molecule has 0 spiro atoms. The predicted molar refractivity (Wildman–Crippen MR) is 103 cm³/mol. The third-order valence-electron chi connectivity index (χ3n) is 5.50. The highest BCUT2D eigenvalue weighted by atomic mass is 32.2. The van der Waals surface area contributed by atoms with Gasteiger partial charge in [0.25, 0.3) is 15.7 Å². The second-order valence-corrected chi connectivity index (χ2v) is 9.10. The highest BCUT2D eigenvalue weighted by Crippen LogP contribution is 2.48. The van der Waals surface area contributed by atoms with Gasteiger partial charge in [0, 0.05) is 18.5 Å². The van der Waals surface area contributed by atoms with E-state index in [2.05, 4.69) is 4.90 Å². The van der Waals surface area contributed by atoms with Gasteiger partial charge in [-0.3, -0.25) is 14.4 Å². The number of nitro benzene ring substituents is 1. The molecule has 0 aliphatic carbocycles. The van der Waals surface area contributed by atoms with Crippen molar-refractivity contribution in [1.29, 1.82) is 0 Å². The lowest BCUT2D eigenvalue weighted by Crippen LogP contribution is -2.47. The number of benzene rings is 2. The SMILES string of the molecule is Cc1ccc2c(c1)[C@@H]1CN(C)CC[C@@H]1N2S(=O)(=O)c1ccccc1[N+](=O)[O-]. The van der Waals surface area contributed by atoms with Crippen LogP contribution in [0.3, 0.4) is 0 Å². The van der Waals surface area contributed by atoms with E-state index in [1.54, 1.807) is 0 Å². The molecule has 1 saturated heterocycles. The zero-order valence-corrected chi connectivity index (χ0v) is 16.0. The zero-order chi connectivity index (χ0) is 19.3. The third-order valence-corrected chi connectivity index (χ3v) is 7.39. The predicted octanol–water partition coefficient (Wildman–Crippen LogP) is 2.90. The van der Waals surface area contributed by atoms with Crippen molar-refractivity contribution in [2.24, 2.45) is 0 Å². The largest absolute Gasteiger partial charge is 0.306 e. The Bertz CT molecular complexity index is 1020. The molecule has 8 heteroatoms. The van der Waals surface area contributed by atoms with Crippen LogP contribution in [0, 0.1) is 17.0 Å². The third kappa shape index (κ3) is 2.80. The van der Waals surface area contributed by atoms with Crippen molar-refractivity contribution in [1.82, 2.24) is 4.90 Å². The number of nitro groups is 1. The van der Waals surface area contributed by atoms with E-state index in [9.17, 15) is 18.5 Å². The number of piperidine rings is 1. The molecule has 2 aliphatic rings. The van der Waals surface area contributed by atoms with Crippen molar-refractivity contribution in [2.45, 2.75) is 30.2 Å². The fourth-order valence-corrected chi connectivity index (χ4v) is 6.18. The van der Waals surface area contributed by atoms with Crippen LogP contribution in [-0.2, 0) is 10.0 Å². The normalized spacial score (nSPS) is 22.4. The van der Waals surface area contributed by atoms with Gasteiger partial charge in [0.1, 0.15) is 0 Å². The molecule has 27 heavy (non-hydrogen) atoms. The second-order valence-electron chi connectivity index (χ2n) is 7.31. The van der Waals surface area contributed by atoms with Crippen LogP contribution in [0.4, 0.5) is 11.4 Å². The fraction of sp³-hybridized carbons (Fsp3) is 0.368. The van der Waals surface area contributed by atoms with E-state index in [1.165, 1.54) is 28.6 Å². The second kappa shape index (κ2) is 6.31. The van der Waals surface area contributed by atoms with Crippen LogP contribution in [0.5, 0.6) is 0 Å². The lowest BCUT2D eigenvalue weighted by molar-refractivity contribution is -0.387. The van der Waals surface area contributed by atoms with Crippen LogP contribution in [0.25, 0.3) is 0 Å². The molecule has 0 saturated carbocycles. The number of aryl methyl sites for hydroxylation is 1. The highest BCUT2D eigenvalue weighted by molar-refractivity contribution is 7.93. The van der Waals surface area contributed by atoms with Crippen LogP contribution in [0.15, 0.2) is 47.4 Å². The number of hydrogen-bond donors (Lipinski definition) is 0. The van der Waals surface area contributed by atoms with Gasteiger partial charge in [0.15, 0.2) is 4.90 Å². The summed E-state index contributed by atoms with van der Waals surface area (Å²) in [6.45, 7) is 3.54. The summed E-state index contributed by atoms with van der Waals surface area (Å²) < 4.78 is 28.5. The van der Waals surface area contributed by atoms with Crippen LogP contribution in [0.2, 0.25) is 0 Å². The summed E-state index contributed by atoms with van der Waals surface area (Å²) in [6.07, 6.45) is 0.689. The molecule has 1 fully saturated rings. The van der Waals surface area contributed by atoms with Crippen molar-refractivity contribution in [3.63, 3.8) is 0 Å². The molecular formula is C19H21N3O4S. The first-order valence-corrected chi connectivity index (χ1v) is 10.3. The molecule has 4 rings (SSSR count). The first-order valence-electron chi connectivity index (χ1n) is 8.87. The van der Waals surface area contributed by atoms with Crippen LogP contribution < -0.4 is 4.31 Å². The number of anilines is 1. The molecule has 2 aromatic carbocycles. The lowest BCUT2D eigenvalue weighted by Gasteiger charge is -2.36. The fourth-order valence-electron chi connectivity index (χ4n) is 4.28. The van der Waals surface area contributed by atoms with E-state index in [1.807, 2.05) is 32.2 Å². The number of nitrogens with zero attached hydrogens (tertiary/aromatic N) is 3. The molecular weight excluding hydrogens is 366 g/mol. The molecule has 0 amide bonds. The molecule has 2 aliphatic heterocycles. The van der Waals surface area contributed by atoms with Crippen molar-refractivity contribution >= 4 is 21.4 Å². The summed E-state index contributed by atoms with van der Waals surface area (Å²) in [7, 11) is -2.02. The monoisotopic (exact) mass is 387 g/mol. The summed E-state index contributed by atoms with van der Waals surface area (Å²) >= 11 is 0. The summed E-state index contributed by atoms with van der Waals surface area (Å²) in [4.78, 5) is 12.7. The molecule has 142 valence electrons. The molecule has 2 aromatic rings. The Balaban J connectivity index is 1.90. The number of para-hydroxylation sites is 1. The van der Waals surface area contributed by atoms with Crippen LogP contribution in [0.1, 0.15) is 23.5 Å². The lowest BCUT2D eigenvalue weighted by atomic mass is 9.89. The average Bonchev–Trinajstić information content (AvgIpc) is 2.95. The van der Waals surface area contributed by atoms with Gasteiger partial charge in [-0.1, -0.05) is 29.8 Å². The van der Waals surface area contributed by atoms with Crippen molar-refractivity contribution in [3.8, 4) is 0 Å². The number of hydrogen-bond acceptors (Lipinski definition) is 5. The molecule has 2 atom stereocenters. The standard InChI is InChI=1S/C19H21N3O4S/c1-13-7-8-16-14(11-13)15-12-20(2)10-9-17(15)21(16)27(25,26)19-6-4-3-5-18(19)22(23)24/h3-8,11,15,17H,9-10,12H2,1-2H3/t15-,17-/m0/s1. The van der Waals surface area contributed by atoms with Crippen molar-refractivity contribution in [3.05, 3.63) is 63.7 Å². The Labute approximate surface area is 158 Å². The minimum atomic E-state index is -4.06. The summed E-state index contributed by atoms with van der Waals surface area (Å²) in [5, 5.41) is 11.4. The van der Waals surface area contributed by atoms with E-state index in [-0.39, 0.29) is 22.5 Å². The zero-order valence-electron chi connectivity index (χ0n) is 15.2. The maximum absolute atomic E-state index is 13.6. The molecule has 0 radical (unpaired) electrons. The molecule has 2 heterocycles. The minimum absolute atomic E-state index is 0.0659. The van der Waals surface area contributed by atoms with Crippen LogP contribution in [-0.4, -0.2) is 44.4 Å². The summed E-state index contributed by atoms with van der Waals surface area (Å²) in [5.74, 6) is 0.0659. The van der Waals surface area contributed by atoms with E-state index >= 15 is 0 Å². The Morgan fingerprint density at radius 2 is 1.93 bits per heavy atom. The summed E-state index contributed by atoms with van der Waals surface area (Å²) in [5.41, 5.74) is 2.34. The Kier molecular flexibility index (Phi) is 4.20. The van der Waals surface area contributed by atoms with Gasteiger partial charge < -0.3 is 4.90 Å². The number of rotatable bonds is 3. The number of likely N-dealkylation sites (tertiary alicyclic amines) is 1. The van der Waals surface area contributed by atoms with Gasteiger partial charge in [-0.15, -0.1) is 0 Å². The molecule has 0 bridgehead atoms. The van der Waals surface area contributed by atoms with E-state index in [4.69, 9.17) is 0 Å². The first kappa shape index (κ1) is 17.9. The Morgan fingerprint density at radius 3 is 2.67 bits per heavy atom. The van der Waals surface area contributed by atoms with Gasteiger partial charge in [-0.25, -0.2) is 8.42 Å². The van der Waals surface area contributed by atoms with Gasteiger partial charge in [-0.2, -0.15) is 0 Å². The van der Waals surface area contributed by atoms with E-state index in [0.29, 0.717) is 12.1 Å². The molecule has 0 aromatic heterocycles. The van der Waals surface area contributed by atoms with E-state index in [0.717, 1.165) is 24.2 Å². The smallest absolute Gasteiger partial charge is 0.289 e. The molecule has 0 unspecified atom stereocenters. The van der Waals surface area contributed by atoms with Gasteiger partial charge in [0.2, 0.25) is 0 Å². The minimum Gasteiger partial charge on any atom is -0.306 e. The molecule has 7 nitrogen and oxygen atoms in total. The van der Waals surface area contributed by atoms with E-state index < -0.39 is 14.9 Å². The topological polar surface area (TPSA) is 83.8 Å². The van der Waals surface area contributed by atoms with Crippen molar-refractivity contribution < 1.29 is 13.3 Å².